The zero-order chi connectivity index (χ0) is 21.8. The highest BCUT2D eigenvalue weighted by Crippen LogP contribution is 2.64. The predicted molar refractivity (Wildman–Crippen MR) is 114 cm³/mol. The monoisotopic (exact) mass is 466 g/mol. The first-order valence-electron chi connectivity index (χ1n) is 10.0. The summed E-state index contributed by atoms with van der Waals surface area (Å²) in [7, 11) is 0. The van der Waals surface area contributed by atoms with Gasteiger partial charge in [-0.1, -0.05) is 23.2 Å². The molecule has 3 aliphatic carbocycles. The van der Waals surface area contributed by atoms with Gasteiger partial charge >= 0.3 is 0 Å². The smallest absolute Gasteiger partial charge is 0.258 e. The van der Waals surface area contributed by atoms with Crippen molar-refractivity contribution in [1.29, 1.82) is 0 Å². The molecule has 4 fully saturated rings. The van der Waals surface area contributed by atoms with Crippen molar-refractivity contribution in [3.63, 3.8) is 0 Å². The van der Waals surface area contributed by atoms with Gasteiger partial charge in [-0.05, 0) is 43.5 Å². The van der Waals surface area contributed by atoms with Gasteiger partial charge in [-0.25, -0.2) is 9.37 Å². The fourth-order valence-corrected chi connectivity index (χ4v) is 5.32. The van der Waals surface area contributed by atoms with Gasteiger partial charge < -0.3 is 20.1 Å². The van der Waals surface area contributed by atoms with Crippen molar-refractivity contribution < 1.29 is 19.0 Å². The molecule has 0 spiro atoms. The zero-order valence-corrected chi connectivity index (χ0v) is 18.0. The molecule has 0 radical (unpaired) electrons. The largest absolute Gasteiger partial charge is 0.484 e. The molecule has 6 rings (SSSR count). The Morgan fingerprint density at radius 3 is 2.71 bits per heavy atom. The maximum Gasteiger partial charge on any atom is 0.258 e. The van der Waals surface area contributed by atoms with E-state index in [2.05, 4.69) is 15.2 Å². The number of benzene rings is 1. The van der Waals surface area contributed by atoms with Gasteiger partial charge in [0.2, 0.25) is 0 Å². The lowest BCUT2D eigenvalue weighted by Gasteiger charge is -2.73. The summed E-state index contributed by atoms with van der Waals surface area (Å²) in [5, 5.41) is 14.4. The van der Waals surface area contributed by atoms with Crippen LogP contribution in [0.4, 0.5) is 10.2 Å². The maximum absolute atomic E-state index is 13.5. The minimum atomic E-state index is -0.759. The Bertz CT molecular complexity index is 1000. The van der Waals surface area contributed by atoms with Crippen molar-refractivity contribution in [3.05, 3.63) is 52.4 Å². The van der Waals surface area contributed by atoms with Gasteiger partial charge in [-0.2, -0.15) is 0 Å². The van der Waals surface area contributed by atoms with Crippen molar-refractivity contribution >= 4 is 34.9 Å². The van der Waals surface area contributed by atoms with Crippen molar-refractivity contribution in [2.75, 3.05) is 24.6 Å². The van der Waals surface area contributed by atoms with Crippen LogP contribution in [0.5, 0.6) is 5.75 Å². The lowest BCUT2D eigenvalue weighted by atomic mass is 9.43. The number of carbonyl (C=O) groups excluding carboxylic acids is 1. The summed E-state index contributed by atoms with van der Waals surface area (Å²) in [5.74, 6) is 0.0950. The molecular formula is C21H21Cl2FN4O3. The molecule has 3 saturated carbocycles. The van der Waals surface area contributed by atoms with E-state index in [1.54, 1.807) is 18.3 Å². The Kier molecular flexibility index (Phi) is 5.01. The topological polar surface area (TPSA) is 77.9 Å². The number of rotatable bonds is 6. The molecule has 2 heterocycles. The molecule has 2 N–H and O–H groups in total. The number of hydrogen-bond donors (Lipinski definition) is 2. The van der Waals surface area contributed by atoms with Crippen LogP contribution in [0, 0.1) is 5.82 Å². The van der Waals surface area contributed by atoms with Gasteiger partial charge in [0, 0.05) is 36.4 Å². The lowest BCUT2D eigenvalue weighted by molar-refractivity contribution is -0.210. The van der Waals surface area contributed by atoms with E-state index in [4.69, 9.17) is 27.9 Å². The fourth-order valence-electron chi connectivity index (χ4n) is 5.09. The molecule has 1 aliphatic heterocycles. The Balaban J connectivity index is 1.13. The molecule has 31 heavy (non-hydrogen) atoms. The summed E-state index contributed by atoms with van der Waals surface area (Å²) >= 11 is 11.5. The highest BCUT2D eigenvalue weighted by molar-refractivity contribution is 6.30. The minimum Gasteiger partial charge on any atom is -0.484 e. The van der Waals surface area contributed by atoms with Gasteiger partial charge in [0.25, 0.3) is 5.91 Å². The van der Waals surface area contributed by atoms with E-state index < -0.39 is 12.2 Å². The Labute approximate surface area is 188 Å². The van der Waals surface area contributed by atoms with E-state index >= 15 is 0 Å². The second kappa shape index (κ2) is 7.48. The van der Waals surface area contributed by atoms with Crippen LogP contribution in [0.1, 0.15) is 19.3 Å². The van der Waals surface area contributed by atoms with Crippen molar-refractivity contribution in [3.8, 4) is 5.75 Å². The van der Waals surface area contributed by atoms with Gasteiger partial charge in [0.05, 0.1) is 10.0 Å². The molecule has 164 valence electrons. The third-order valence-corrected chi connectivity index (χ3v) is 6.95. The molecule has 7 nitrogen and oxygen atoms in total. The van der Waals surface area contributed by atoms with E-state index in [1.807, 2.05) is 4.90 Å². The Morgan fingerprint density at radius 2 is 2.03 bits per heavy atom. The molecule has 1 aromatic carbocycles. The molecule has 10 heteroatoms. The van der Waals surface area contributed by atoms with Gasteiger partial charge in [-0.15, -0.1) is 0 Å². The summed E-state index contributed by atoms with van der Waals surface area (Å²) < 4.78 is 18.8. The van der Waals surface area contributed by atoms with E-state index in [-0.39, 0.29) is 34.4 Å². The highest BCUT2D eigenvalue weighted by Gasteiger charge is 2.72. The molecular weight excluding hydrogens is 446 g/mol. The fraction of sp³-hybridized carbons (Fsp3) is 0.429. The molecule has 1 saturated heterocycles. The number of hydrogen-bond acceptors (Lipinski definition) is 6. The standard InChI is InChI=1S/C21H21Cl2FN4O3/c22-13-1-4-17(25-8-13)27-5-6-28(19(27)30)21-10-20(11-21,12-21)26-18(29)9-31-14-2-3-15(23)16(24)7-14/h1-4,7-8,19,30H,5-6,9-12H2,(H,26,29). The van der Waals surface area contributed by atoms with Gasteiger partial charge in [-0.3, -0.25) is 9.69 Å². The normalized spacial score (nSPS) is 29.3. The third kappa shape index (κ3) is 3.61. The highest BCUT2D eigenvalue weighted by atomic mass is 35.5. The number of pyridine rings is 1. The second-order valence-electron chi connectivity index (χ2n) is 8.52. The van der Waals surface area contributed by atoms with Crippen molar-refractivity contribution in [2.24, 2.45) is 0 Å². The summed E-state index contributed by atoms with van der Waals surface area (Å²) in [4.78, 5) is 20.5. The number of aliphatic hydroxyl groups excluding tert-OH is 1. The number of carbonyl (C=O) groups is 1. The minimum absolute atomic E-state index is 0.00507. The van der Waals surface area contributed by atoms with E-state index in [0.29, 0.717) is 17.4 Å². The van der Waals surface area contributed by atoms with E-state index in [9.17, 15) is 14.3 Å². The lowest BCUT2D eigenvalue weighted by Crippen LogP contribution is -2.84. The van der Waals surface area contributed by atoms with Crippen LogP contribution in [0.25, 0.3) is 0 Å². The van der Waals surface area contributed by atoms with Crippen LogP contribution in [0.15, 0.2) is 36.5 Å². The Hall–Kier alpha value is -2.13. The first-order valence-corrected chi connectivity index (χ1v) is 10.8. The number of aliphatic hydroxyl groups is 1. The average Bonchev–Trinajstić information content (AvgIpc) is 3.06. The number of anilines is 1. The SMILES string of the molecule is O=C(COc1ccc(Cl)c(F)c1)NC12CC(N3CCN(c4ccc(Cl)cn4)C3O)(C1)C2. The number of nitrogens with one attached hydrogen (secondary N) is 1. The van der Waals surface area contributed by atoms with Crippen molar-refractivity contribution in [2.45, 2.75) is 36.7 Å². The summed E-state index contributed by atoms with van der Waals surface area (Å²) in [6.07, 6.45) is 3.14. The van der Waals surface area contributed by atoms with Crippen LogP contribution in [-0.2, 0) is 4.79 Å². The molecule has 4 aliphatic rings. The number of nitrogens with zero attached hydrogens (tertiary/aromatic N) is 3. The van der Waals surface area contributed by atoms with Crippen LogP contribution < -0.4 is 15.0 Å². The molecule has 1 aromatic heterocycles. The van der Waals surface area contributed by atoms with Crippen LogP contribution in [-0.4, -0.2) is 58.0 Å². The molecule has 1 amide bonds. The summed E-state index contributed by atoms with van der Waals surface area (Å²) in [5.41, 5.74) is -0.356. The predicted octanol–water partition coefficient (Wildman–Crippen LogP) is 2.80. The maximum atomic E-state index is 13.5. The summed E-state index contributed by atoms with van der Waals surface area (Å²) in [6, 6.07) is 7.61. The average molecular weight is 467 g/mol. The van der Waals surface area contributed by atoms with E-state index in [0.717, 1.165) is 31.9 Å². The van der Waals surface area contributed by atoms with Crippen LogP contribution in [0.3, 0.4) is 0 Å². The zero-order valence-electron chi connectivity index (χ0n) is 16.5. The first-order chi connectivity index (χ1) is 14.8. The quantitative estimate of drug-likeness (QED) is 0.681. The number of ether oxygens (including phenoxy) is 1. The Morgan fingerprint density at radius 1 is 1.26 bits per heavy atom. The molecule has 1 unspecified atom stereocenters. The number of halogens is 3. The number of aromatic nitrogens is 1. The molecule has 2 bridgehead atoms. The van der Waals surface area contributed by atoms with E-state index in [1.165, 1.54) is 12.1 Å². The van der Waals surface area contributed by atoms with Gasteiger partial charge in [0.15, 0.2) is 13.0 Å². The molecule has 1 atom stereocenters. The molecule has 2 aromatic rings. The number of amides is 1. The summed E-state index contributed by atoms with van der Waals surface area (Å²) in [6.45, 7) is 1.20. The van der Waals surface area contributed by atoms with Crippen LogP contribution >= 0.6 is 23.2 Å². The second-order valence-corrected chi connectivity index (χ2v) is 9.36. The third-order valence-electron chi connectivity index (χ3n) is 6.42. The van der Waals surface area contributed by atoms with Crippen molar-refractivity contribution in [1.82, 2.24) is 15.2 Å². The van der Waals surface area contributed by atoms with Gasteiger partial charge in [0.1, 0.15) is 17.4 Å². The first kappa shape index (κ1) is 20.8. The van der Waals surface area contributed by atoms with Crippen LogP contribution in [0.2, 0.25) is 10.0 Å².